The van der Waals surface area contributed by atoms with Gasteiger partial charge < -0.3 is 10.2 Å². The summed E-state index contributed by atoms with van der Waals surface area (Å²) in [4.78, 5) is 2.50. The van der Waals surface area contributed by atoms with Crippen molar-refractivity contribution in [2.24, 2.45) is 0 Å². The molecule has 118 valence electrons. The highest BCUT2D eigenvalue weighted by atomic mass is 15.3. The molecule has 1 unspecified atom stereocenters. The molecule has 1 atom stereocenters. The Hall–Kier alpha value is -0.870. The first-order chi connectivity index (χ1) is 10.3. The fourth-order valence-electron chi connectivity index (χ4n) is 3.79. The molecule has 1 aliphatic heterocycles. The minimum atomic E-state index is 0.650. The second-order valence-corrected chi connectivity index (χ2v) is 6.84. The Morgan fingerprint density at radius 3 is 2.76 bits per heavy atom. The lowest BCUT2D eigenvalue weighted by atomic mass is 9.96. The highest BCUT2D eigenvalue weighted by molar-refractivity contribution is 5.00. The third-order valence-corrected chi connectivity index (χ3v) is 5.22. The van der Waals surface area contributed by atoms with Crippen molar-refractivity contribution in [3.63, 3.8) is 0 Å². The number of piperidine rings is 1. The Morgan fingerprint density at radius 2 is 1.95 bits per heavy atom. The fraction of sp³-hybridized carbons (Fsp3) is 0.824. The molecule has 1 saturated carbocycles. The SMILES string of the molecule is CN1CCCCC1CNCc1ccn(C2CCCCC2)n1. The van der Waals surface area contributed by atoms with Crippen LogP contribution in [0.25, 0.3) is 0 Å². The number of nitrogens with one attached hydrogen (secondary N) is 1. The van der Waals surface area contributed by atoms with Crippen molar-refractivity contribution in [1.29, 1.82) is 0 Å². The monoisotopic (exact) mass is 290 g/mol. The van der Waals surface area contributed by atoms with E-state index < -0.39 is 0 Å². The smallest absolute Gasteiger partial charge is 0.0762 e. The standard InChI is InChI=1S/C17H30N4/c1-20-11-6-5-9-17(20)14-18-13-15-10-12-21(19-15)16-7-3-2-4-8-16/h10,12,16-18H,2-9,11,13-14H2,1H3. The number of hydrogen-bond acceptors (Lipinski definition) is 3. The topological polar surface area (TPSA) is 33.1 Å². The van der Waals surface area contributed by atoms with Gasteiger partial charge in [-0.2, -0.15) is 5.10 Å². The fourth-order valence-corrected chi connectivity index (χ4v) is 3.79. The first-order valence-electron chi connectivity index (χ1n) is 8.78. The van der Waals surface area contributed by atoms with Crippen molar-refractivity contribution in [3.8, 4) is 0 Å². The van der Waals surface area contributed by atoms with Gasteiger partial charge >= 0.3 is 0 Å². The van der Waals surface area contributed by atoms with Gasteiger partial charge in [-0.1, -0.05) is 25.7 Å². The molecule has 2 aliphatic rings. The van der Waals surface area contributed by atoms with E-state index in [-0.39, 0.29) is 0 Å². The minimum absolute atomic E-state index is 0.650. The Kier molecular flexibility index (Phi) is 5.31. The molecule has 2 heterocycles. The molecule has 0 radical (unpaired) electrons. The number of likely N-dealkylation sites (N-methyl/N-ethyl adjacent to an activating group) is 1. The molecular formula is C17H30N4. The van der Waals surface area contributed by atoms with Crippen molar-refractivity contribution in [1.82, 2.24) is 20.0 Å². The van der Waals surface area contributed by atoms with E-state index in [4.69, 9.17) is 5.10 Å². The molecule has 21 heavy (non-hydrogen) atoms. The Labute approximate surface area is 128 Å². The molecule has 4 nitrogen and oxygen atoms in total. The highest BCUT2D eigenvalue weighted by Gasteiger charge is 2.19. The summed E-state index contributed by atoms with van der Waals surface area (Å²) >= 11 is 0. The maximum absolute atomic E-state index is 4.78. The van der Waals surface area contributed by atoms with Crippen molar-refractivity contribution < 1.29 is 0 Å². The van der Waals surface area contributed by atoms with Gasteiger partial charge in [0.2, 0.25) is 0 Å². The molecule has 1 saturated heterocycles. The van der Waals surface area contributed by atoms with Crippen LogP contribution in [0.1, 0.15) is 63.1 Å². The summed E-state index contributed by atoms with van der Waals surface area (Å²) < 4.78 is 2.21. The molecule has 1 aliphatic carbocycles. The van der Waals surface area contributed by atoms with Crippen LogP contribution in [0.2, 0.25) is 0 Å². The number of likely N-dealkylation sites (tertiary alicyclic amines) is 1. The first-order valence-corrected chi connectivity index (χ1v) is 8.78. The highest BCUT2D eigenvalue weighted by Crippen LogP contribution is 2.27. The second kappa shape index (κ2) is 7.41. The summed E-state index contributed by atoms with van der Waals surface area (Å²) in [5, 5.41) is 8.38. The van der Waals surface area contributed by atoms with E-state index in [1.807, 2.05) is 0 Å². The van der Waals surface area contributed by atoms with E-state index in [1.54, 1.807) is 0 Å². The van der Waals surface area contributed by atoms with Crippen LogP contribution in [0.3, 0.4) is 0 Å². The Morgan fingerprint density at radius 1 is 1.14 bits per heavy atom. The summed E-state index contributed by atoms with van der Waals surface area (Å²) in [6.07, 6.45) is 13.0. The van der Waals surface area contributed by atoms with Crippen LogP contribution in [-0.2, 0) is 6.54 Å². The molecular weight excluding hydrogens is 260 g/mol. The third-order valence-electron chi connectivity index (χ3n) is 5.22. The Bertz CT molecular complexity index is 422. The van der Waals surface area contributed by atoms with Crippen LogP contribution in [0.15, 0.2) is 12.3 Å². The summed E-state index contributed by atoms with van der Waals surface area (Å²) in [5.41, 5.74) is 1.19. The maximum Gasteiger partial charge on any atom is 0.0762 e. The first kappa shape index (κ1) is 15.0. The summed E-state index contributed by atoms with van der Waals surface area (Å²) in [5.74, 6) is 0. The number of rotatable bonds is 5. The lowest BCUT2D eigenvalue weighted by molar-refractivity contribution is 0.181. The zero-order valence-electron chi connectivity index (χ0n) is 13.4. The molecule has 0 amide bonds. The zero-order chi connectivity index (χ0) is 14.5. The lowest BCUT2D eigenvalue weighted by Crippen LogP contribution is -2.42. The second-order valence-electron chi connectivity index (χ2n) is 6.84. The van der Waals surface area contributed by atoms with Crippen LogP contribution < -0.4 is 5.32 Å². The predicted octanol–water partition coefficient (Wildman–Crippen LogP) is 2.96. The number of aromatic nitrogens is 2. The zero-order valence-corrected chi connectivity index (χ0v) is 13.4. The number of nitrogens with zero attached hydrogens (tertiary/aromatic N) is 3. The molecule has 2 fully saturated rings. The van der Waals surface area contributed by atoms with Gasteiger partial charge in [-0.15, -0.1) is 0 Å². The lowest BCUT2D eigenvalue weighted by Gasteiger charge is -2.32. The molecule has 1 N–H and O–H groups in total. The average molecular weight is 290 g/mol. The molecule has 0 aromatic carbocycles. The molecule has 1 aromatic rings. The van der Waals surface area contributed by atoms with Gasteiger partial charge in [0.25, 0.3) is 0 Å². The van der Waals surface area contributed by atoms with E-state index in [0.717, 1.165) is 13.1 Å². The van der Waals surface area contributed by atoms with Crippen molar-refractivity contribution >= 4 is 0 Å². The maximum atomic E-state index is 4.78. The van der Waals surface area contributed by atoms with Crippen LogP contribution >= 0.6 is 0 Å². The van der Waals surface area contributed by atoms with Crippen molar-refractivity contribution in [2.45, 2.75) is 70.0 Å². The van der Waals surface area contributed by atoms with E-state index >= 15 is 0 Å². The molecule has 3 rings (SSSR count). The molecule has 0 spiro atoms. The van der Waals surface area contributed by atoms with Gasteiger partial charge in [-0.3, -0.25) is 4.68 Å². The van der Waals surface area contributed by atoms with E-state index in [9.17, 15) is 0 Å². The summed E-state index contributed by atoms with van der Waals surface area (Å²) in [7, 11) is 2.25. The van der Waals surface area contributed by atoms with Crippen molar-refractivity contribution in [2.75, 3.05) is 20.1 Å². The molecule has 0 bridgehead atoms. The van der Waals surface area contributed by atoms with Gasteiger partial charge in [0.1, 0.15) is 0 Å². The van der Waals surface area contributed by atoms with Crippen LogP contribution in [0.4, 0.5) is 0 Å². The average Bonchev–Trinajstić information content (AvgIpc) is 2.99. The Balaban J connectivity index is 1.44. The quantitative estimate of drug-likeness (QED) is 0.905. The molecule has 4 heteroatoms. The summed E-state index contributed by atoms with van der Waals surface area (Å²) in [6.45, 7) is 3.25. The number of hydrogen-bond donors (Lipinski definition) is 1. The van der Waals surface area contributed by atoms with Crippen LogP contribution in [0.5, 0.6) is 0 Å². The van der Waals surface area contributed by atoms with Gasteiger partial charge in [0, 0.05) is 25.3 Å². The van der Waals surface area contributed by atoms with E-state index in [2.05, 4.69) is 34.2 Å². The van der Waals surface area contributed by atoms with Gasteiger partial charge in [0.05, 0.1) is 11.7 Å². The van der Waals surface area contributed by atoms with Crippen LogP contribution in [0, 0.1) is 0 Å². The van der Waals surface area contributed by atoms with Gasteiger partial charge in [0.15, 0.2) is 0 Å². The normalized spacial score (nSPS) is 25.3. The van der Waals surface area contributed by atoms with Crippen molar-refractivity contribution in [3.05, 3.63) is 18.0 Å². The molecule has 1 aromatic heterocycles. The third kappa shape index (κ3) is 4.07. The summed E-state index contributed by atoms with van der Waals surface area (Å²) in [6, 6.07) is 3.54. The van der Waals surface area contributed by atoms with Crippen LogP contribution in [-0.4, -0.2) is 40.9 Å². The van der Waals surface area contributed by atoms with E-state index in [1.165, 1.54) is 63.6 Å². The van der Waals surface area contributed by atoms with Gasteiger partial charge in [-0.05, 0) is 45.3 Å². The largest absolute Gasteiger partial charge is 0.310 e. The predicted molar refractivity (Wildman–Crippen MR) is 86.3 cm³/mol. The van der Waals surface area contributed by atoms with E-state index in [0.29, 0.717) is 12.1 Å². The minimum Gasteiger partial charge on any atom is -0.310 e. The van der Waals surface area contributed by atoms with Gasteiger partial charge in [-0.25, -0.2) is 0 Å².